The van der Waals surface area contributed by atoms with Crippen LogP contribution in [0.5, 0.6) is 0 Å². The molecule has 0 spiro atoms. The van der Waals surface area contributed by atoms with Gasteiger partial charge >= 0.3 is 5.63 Å². The summed E-state index contributed by atoms with van der Waals surface area (Å²) in [4.78, 5) is 14.4. The number of morpholine rings is 1. The van der Waals surface area contributed by atoms with Gasteiger partial charge in [0.1, 0.15) is 5.58 Å². The van der Waals surface area contributed by atoms with Gasteiger partial charge in [-0.1, -0.05) is 43.0 Å². The van der Waals surface area contributed by atoms with Gasteiger partial charge in [0.15, 0.2) is 5.16 Å². The Morgan fingerprint density at radius 1 is 1.06 bits per heavy atom. The van der Waals surface area contributed by atoms with E-state index in [1.807, 2.05) is 18.2 Å². The third-order valence-electron chi connectivity index (χ3n) is 5.83. The van der Waals surface area contributed by atoms with Gasteiger partial charge in [-0.15, -0.1) is 10.2 Å². The largest absolute Gasteiger partial charge is 0.423 e. The fourth-order valence-corrected chi connectivity index (χ4v) is 5.01. The van der Waals surface area contributed by atoms with E-state index in [0.717, 1.165) is 52.8 Å². The highest BCUT2D eigenvalue weighted by Gasteiger charge is 2.22. The van der Waals surface area contributed by atoms with Gasteiger partial charge in [0.2, 0.25) is 5.95 Å². The van der Waals surface area contributed by atoms with E-state index in [-0.39, 0.29) is 5.63 Å². The van der Waals surface area contributed by atoms with Crippen molar-refractivity contribution in [2.75, 3.05) is 31.2 Å². The van der Waals surface area contributed by atoms with Crippen LogP contribution in [0, 0.1) is 6.92 Å². The number of rotatable bonds is 6. The third kappa shape index (κ3) is 4.54. The van der Waals surface area contributed by atoms with Crippen LogP contribution in [0.15, 0.2) is 62.9 Å². The van der Waals surface area contributed by atoms with Crippen LogP contribution in [0.25, 0.3) is 16.7 Å². The van der Waals surface area contributed by atoms with E-state index in [0.29, 0.717) is 24.5 Å². The minimum atomic E-state index is -0.333. The number of nitrogens with zero attached hydrogens (tertiary/aromatic N) is 4. The average molecular weight is 463 g/mol. The zero-order valence-electron chi connectivity index (χ0n) is 18.8. The van der Waals surface area contributed by atoms with Crippen LogP contribution in [0.1, 0.15) is 23.6 Å². The number of hydrogen-bond donors (Lipinski definition) is 0. The molecule has 1 aliphatic rings. The quantitative estimate of drug-likeness (QED) is 0.311. The number of aromatic nitrogens is 3. The normalized spacial score (nSPS) is 14.2. The van der Waals surface area contributed by atoms with Gasteiger partial charge in [-0.3, -0.25) is 4.57 Å². The first-order valence-electron chi connectivity index (χ1n) is 11.2. The minimum absolute atomic E-state index is 0.333. The summed E-state index contributed by atoms with van der Waals surface area (Å²) in [6, 6.07) is 16.0. The lowest BCUT2D eigenvalue weighted by atomic mass is 10.1. The summed E-state index contributed by atoms with van der Waals surface area (Å²) in [5.41, 5.74) is 4.56. The second-order valence-electron chi connectivity index (χ2n) is 8.12. The van der Waals surface area contributed by atoms with E-state index in [9.17, 15) is 4.79 Å². The average Bonchev–Trinajstić information content (AvgIpc) is 3.26. The molecule has 0 unspecified atom stereocenters. The van der Waals surface area contributed by atoms with Gasteiger partial charge < -0.3 is 14.1 Å². The lowest BCUT2D eigenvalue weighted by molar-refractivity contribution is 0.122. The highest BCUT2D eigenvalue weighted by molar-refractivity contribution is 7.98. The van der Waals surface area contributed by atoms with Crippen molar-refractivity contribution >= 4 is 28.7 Å². The van der Waals surface area contributed by atoms with E-state index in [2.05, 4.69) is 57.8 Å². The number of thioether (sulfide) groups is 1. The predicted octanol–water partition coefficient (Wildman–Crippen LogP) is 4.37. The molecule has 0 aliphatic carbocycles. The van der Waals surface area contributed by atoms with E-state index in [4.69, 9.17) is 9.15 Å². The zero-order valence-corrected chi connectivity index (χ0v) is 19.6. The summed E-state index contributed by atoms with van der Waals surface area (Å²) >= 11 is 1.57. The first-order valence-corrected chi connectivity index (χ1v) is 12.1. The lowest BCUT2D eigenvalue weighted by Crippen LogP contribution is -2.37. The van der Waals surface area contributed by atoms with Gasteiger partial charge in [-0.05, 0) is 48.2 Å². The highest BCUT2D eigenvalue weighted by atomic mass is 32.2. The number of hydrogen-bond acceptors (Lipinski definition) is 7. The van der Waals surface area contributed by atoms with E-state index < -0.39 is 0 Å². The highest BCUT2D eigenvalue weighted by Crippen LogP contribution is 2.31. The van der Waals surface area contributed by atoms with Crippen molar-refractivity contribution < 1.29 is 9.15 Å². The second-order valence-corrected chi connectivity index (χ2v) is 9.06. The summed E-state index contributed by atoms with van der Waals surface area (Å²) in [6.45, 7) is 7.07. The Morgan fingerprint density at radius 2 is 1.91 bits per heavy atom. The van der Waals surface area contributed by atoms with Crippen LogP contribution in [0.3, 0.4) is 0 Å². The van der Waals surface area contributed by atoms with Gasteiger partial charge in [0.25, 0.3) is 0 Å². The fraction of sp³-hybridized carbons (Fsp3) is 0.320. The molecule has 1 aliphatic heterocycles. The summed E-state index contributed by atoms with van der Waals surface area (Å²) in [5.74, 6) is 1.40. The van der Waals surface area contributed by atoms with Crippen LogP contribution in [-0.4, -0.2) is 41.1 Å². The van der Waals surface area contributed by atoms with Crippen LogP contribution in [0.4, 0.5) is 5.95 Å². The summed E-state index contributed by atoms with van der Waals surface area (Å²) in [6.07, 6.45) is 0.891. The van der Waals surface area contributed by atoms with Crippen LogP contribution in [-0.2, 0) is 16.9 Å². The SMILES string of the molecule is CCc1ccc2c(CSc3nnc(N4CCOCC4)n3-c3cccc(C)c3)cc(=O)oc2c1. The van der Waals surface area contributed by atoms with Gasteiger partial charge in [0.05, 0.1) is 18.9 Å². The summed E-state index contributed by atoms with van der Waals surface area (Å²) in [5, 5.41) is 10.8. The Bertz CT molecular complexity index is 1340. The Balaban J connectivity index is 1.51. The Hall–Kier alpha value is -3.10. The summed E-state index contributed by atoms with van der Waals surface area (Å²) < 4.78 is 13.1. The summed E-state index contributed by atoms with van der Waals surface area (Å²) in [7, 11) is 0. The molecule has 0 atom stereocenters. The molecule has 0 N–H and O–H groups in total. The molecule has 2 aromatic carbocycles. The Morgan fingerprint density at radius 3 is 2.70 bits per heavy atom. The number of ether oxygens (including phenoxy) is 1. The molecule has 0 radical (unpaired) electrons. The van der Waals surface area contributed by atoms with Crippen molar-refractivity contribution in [3.8, 4) is 5.69 Å². The molecule has 8 heteroatoms. The lowest BCUT2D eigenvalue weighted by Gasteiger charge is -2.28. The maximum absolute atomic E-state index is 12.2. The molecule has 0 amide bonds. The van der Waals surface area contributed by atoms with E-state index in [1.54, 1.807) is 17.8 Å². The Labute approximate surface area is 196 Å². The Kier molecular flexibility index (Phi) is 6.20. The van der Waals surface area contributed by atoms with Crippen molar-refractivity contribution in [1.82, 2.24) is 14.8 Å². The van der Waals surface area contributed by atoms with Crippen LogP contribution in [0.2, 0.25) is 0 Å². The standard InChI is InChI=1S/C25H26N4O3S/c1-3-18-7-8-21-19(15-23(30)32-22(21)14-18)16-33-25-27-26-24(28-9-11-31-12-10-28)29(25)20-6-4-5-17(2)13-20/h4-8,13-15H,3,9-12,16H2,1-2H3. The predicted molar refractivity (Wildman–Crippen MR) is 131 cm³/mol. The molecule has 1 fully saturated rings. The van der Waals surface area contributed by atoms with Crippen molar-refractivity contribution in [2.24, 2.45) is 0 Å². The van der Waals surface area contributed by atoms with Gasteiger partial charge in [-0.25, -0.2) is 4.79 Å². The number of anilines is 1. The molecule has 3 heterocycles. The number of aryl methyl sites for hydroxylation is 2. The van der Waals surface area contributed by atoms with Crippen LogP contribution >= 0.6 is 11.8 Å². The maximum atomic E-state index is 12.2. The van der Waals surface area contributed by atoms with Crippen molar-refractivity contribution in [3.63, 3.8) is 0 Å². The first kappa shape index (κ1) is 21.7. The molecule has 33 heavy (non-hydrogen) atoms. The van der Waals surface area contributed by atoms with Gasteiger partial charge in [0, 0.05) is 30.3 Å². The third-order valence-corrected chi connectivity index (χ3v) is 6.81. The van der Waals surface area contributed by atoms with Crippen molar-refractivity contribution in [1.29, 1.82) is 0 Å². The number of fused-ring (bicyclic) bond motifs is 1. The topological polar surface area (TPSA) is 73.4 Å². The van der Waals surface area contributed by atoms with Crippen LogP contribution < -0.4 is 10.5 Å². The molecular weight excluding hydrogens is 436 g/mol. The second kappa shape index (κ2) is 9.41. The van der Waals surface area contributed by atoms with Gasteiger partial charge in [-0.2, -0.15) is 0 Å². The fourth-order valence-electron chi connectivity index (χ4n) is 4.07. The molecule has 0 bridgehead atoms. The molecule has 5 rings (SSSR count). The smallest absolute Gasteiger partial charge is 0.336 e. The first-order chi connectivity index (χ1) is 16.1. The zero-order chi connectivity index (χ0) is 22.8. The maximum Gasteiger partial charge on any atom is 0.336 e. The molecule has 4 aromatic rings. The molecule has 2 aromatic heterocycles. The van der Waals surface area contributed by atoms with Crippen molar-refractivity contribution in [2.45, 2.75) is 31.2 Å². The monoisotopic (exact) mass is 462 g/mol. The van der Waals surface area contributed by atoms with Crippen molar-refractivity contribution in [3.05, 3.63) is 75.6 Å². The van der Waals surface area contributed by atoms with E-state index in [1.165, 1.54) is 5.56 Å². The molecule has 170 valence electrons. The molecule has 7 nitrogen and oxygen atoms in total. The molecule has 0 saturated carbocycles. The minimum Gasteiger partial charge on any atom is -0.423 e. The molecular formula is C25H26N4O3S. The van der Waals surface area contributed by atoms with E-state index >= 15 is 0 Å². The molecule has 1 saturated heterocycles. The number of benzene rings is 2.